The van der Waals surface area contributed by atoms with E-state index in [0.29, 0.717) is 0 Å². The van der Waals surface area contributed by atoms with Crippen LogP contribution in [0.15, 0.2) is 46.7 Å². The van der Waals surface area contributed by atoms with Gasteiger partial charge in [0.2, 0.25) is 0 Å². The topological polar surface area (TPSA) is 9.23 Å². The van der Waals surface area contributed by atoms with E-state index in [1.165, 1.54) is 16.0 Å². The molecule has 2 heteroatoms. The fourth-order valence-electron chi connectivity index (χ4n) is 2.70. The molecule has 2 bridgehead atoms. The largest absolute Gasteiger partial charge is 0.496 e. The van der Waals surface area contributed by atoms with Crippen LogP contribution >= 0.6 is 11.8 Å². The van der Waals surface area contributed by atoms with Gasteiger partial charge in [0, 0.05) is 11.0 Å². The molecule has 1 unspecified atom stereocenters. The van der Waals surface area contributed by atoms with E-state index in [0.717, 1.165) is 12.2 Å². The van der Waals surface area contributed by atoms with Crippen LogP contribution in [0.5, 0.6) is 5.75 Å². The molecule has 0 fully saturated rings. The second-order valence-electron chi connectivity index (χ2n) is 4.93. The van der Waals surface area contributed by atoms with Crippen LogP contribution in [-0.2, 0) is 5.41 Å². The molecular weight excluding hydrogens is 240 g/mol. The van der Waals surface area contributed by atoms with Crippen molar-refractivity contribution in [2.24, 2.45) is 0 Å². The summed E-state index contributed by atoms with van der Waals surface area (Å²) in [6.07, 6.45) is 9.90. The predicted molar refractivity (Wildman–Crippen MR) is 78.8 cm³/mol. The number of fused-ring (bicyclic) bond motifs is 4. The molecule has 3 rings (SSSR count). The van der Waals surface area contributed by atoms with Gasteiger partial charge in [-0.25, -0.2) is 0 Å². The van der Waals surface area contributed by atoms with Crippen molar-refractivity contribution in [3.05, 3.63) is 57.9 Å². The van der Waals surface area contributed by atoms with Crippen molar-refractivity contribution in [1.29, 1.82) is 0 Å². The zero-order chi connectivity index (χ0) is 12.6. The number of thioether (sulfide) groups is 1. The molecule has 1 atom stereocenters. The van der Waals surface area contributed by atoms with Crippen molar-refractivity contribution in [2.75, 3.05) is 7.11 Å². The second kappa shape index (κ2) is 4.36. The van der Waals surface area contributed by atoms with Gasteiger partial charge in [0.25, 0.3) is 0 Å². The minimum Gasteiger partial charge on any atom is -0.496 e. The van der Waals surface area contributed by atoms with Gasteiger partial charge in [0.05, 0.1) is 7.11 Å². The molecule has 0 spiro atoms. The van der Waals surface area contributed by atoms with Gasteiger partial charge in [-0.2, -0.15) is 0 Å². The van der Waals surface area contributed by atoms with Crippen LogP contribution in [0, 0.1) is 0 Å². The minimum absolute atomic E-state index is 0.0751. The summed E-state index contributed by atoms with van der Waals surface area (Å²) in [5, 5.41) is 2.14. The van der Waals surface area contributed by atoms with Gasteiger partial charge < -0.3 is 4.74 Å². The lowest BCUT2D eigenvalue weighted by Crippen LogP contribution is -2.24. The third-order valence-corrected chi connectivity index (χ3v) is 4.48. The highest BCUT2D eigenvalue weighted by atomic mass is 32.2. The van der Waals surface area contributed by atoms with Crippen molar-refractivity contribution < 1.29 is 4.74 Å². The average molecular weight is 256 g/mol. The van der Waals surface area contributed by atoms with E-state index in [9.17, 15) is 0 Å². The van der Waals surface area contributed by atoms with Crippen molar-refractivity contribution in [1.82, 2.24) is 0 Å². The van der Waals surface area contributed by atoms with Crippen LogP contribution in [-0.4, -0.2) is 7.11 Å². The van der Waals surface area contributed by atoms with Crippen LogP contribution in [0.3, 0.4) is 0 Å². The number of allylic oxidation sites excluding steroid dienone is 4. The fraction of sp³-hybridized carbons (Fsp3) is 0.250. The molecular formula is C16H16OS. The molecule has 0 radical (unpaired) electrons. The molecule has 2 aliphatic rings. The van der Waals surface area contributed by atoms with Gasteiger partial charge in [-0.05, 0) is 34.4 Å². The summed E-state index contributed by atoms with van der Waals surface area (Å²) in [7, 11) is 1.74. The summed E-state index contributed by atoms with van der Waals surface area (Å²) < 4.78 is 5.50. The first-order chi connectivity index (χ1) is 8.73. The van der Waals surface area contributed by atoms with E-state index < -0.39 is 0 Å². The van der Waals surface area contributed by atoms with Crippen LogP contribution in [0.25, 0.3) is 6.08 Å². The zero-order valence-electron chi connectivity index (χ0n) is 10.6. The molecule has 1 aromatic carbocycles. The van der Waals surface area contributed by atoms with Gasteiger partial charge in [0.15, 0.2) is 0 Å². The van der Waals surface area contributed by atoms with E-state index in [-0.39, 0.29) is 5.41 Å². The van der Waals surface area contributed by atoms with Gasteiger partial charge in [-0.15, -0.1) is 11.8 Å². The Kier molecular flexibility index (Phi) is 2.83. The molecule has 1 heterocycles. The van der Waals surface area contributed by atoms with Crippen molar-refractivity contribution in [3.8, 4) is 5.75 Å². The number of benzene rings is 1. The van der Waals surface area contributed by atoms with Crippen LogP contribution < -0.4 is 4.74 Å². The minimum atomic E-state index is 0.0751. The Bertz CT molecular complexity index is 568. The van der Waals surface area contributed by atoms with Gasteiger partial charge in [-0.3, -0.25) is 0 Å². The maximum absolute atomic E-state index is 5.50. The SMILES string of the molecule is COc1cccc2c1C=C1CC2(C)/C=C\C=C/S1. The highest BCUT2D eigenvalue weighted by Gasteiger charge is 2.32. The lowest BCUT2D eigenvalue weighted by Gasteiger charge is -2.34. The molecule has 1 aromatic rings. The Morgan fingerprint density at radius 3 is 3.00 bits per heavy atom. The Hall–Kier alpha value is -1.41. The van der Waals surface area contributed by atoms with Crippen molar-refractivity contribution >= 4 is 17.8 Å². The van der Waals surface area contributed by atoms with Crippen molar-refractivity contribution in [2.45, 2.75) is 18.8 Å². The normalized spacial score (nSPS) is 28.4. The average Bonchev–Trinajstić information content (AvgIpc) is 2.36. The third kappa shape index (κ3) is 1.81. The maximum Gasteiger partial charge on any atom is 0.126 e. The standard InChI is InChI=1S/C16H16OS/c1-16-8-3-4-9-18-12(11-16)10-13-14(16)6-5-7-15(13)17-2/h3-10H,11H2,1-2H3/b8-3-,9-4-. The quantitative estimate of drug-likeness (QED) is 0.731. The number of hydrogen-bond donors (Lipinski definition) is 0. The first-order valence-electron chi connectivity index (χ1n) is 6.12. The van der Waals surface area contributed by atoms with Crippen LogP contribution in [0.4, 0.5) is 0 Å². The van der Waals surface area contributed by atoms with E-state index in [1.54, 1.807) is 7.11 Å². The molecule has 0 saturated carbocycles. The molecule has 92 valence electrons. The predicted octanol–water partition coefficient (Wildman–Crippen LogP) is 4.51. The first-order valence-corrected chi connectivity index (χ1v) is 7.00. The molecule has 0 amide bonds. The molecule has 0 saturated heterocycles. The van der Waals surface area contributed by atoms with Crippen LogP contribution in [0.2, 0.25) is 0 Å². The maximum atomic E-state index is 5.50. The van der Waals surface area contributed by atoms with E-state index >= 15 is 0 Å². The van der Waals surface area contributed by atoms with Gasteiger partial charge in [0.1, 0.15) is 5.75 Å². The summed E-state index contributed by atoms with van der Waals surface area (Å²) in [6.45, 7) is 2.30. The van der Waals surface area contributed by atoms with E-state index in [4.69, 9.17) is 4.74 Å². The summed E-state index contributed by atoms with van der Waals surface area (Å²) >= 11 is 1.81. The van der Waals surface area contributed by atoms with Gasteiger partial charge in [-0.1, -0.05) is 37.3 Å². The highest BCUT2D eigenvalue weighted by Crippen LogP contribution is 2.46. The Balaban J connectivity index is 2.25. The number of methoxy groups -OCH3 is 1. The van der Waals surface area contributed by atoms with E-state index in [1.807, 2.05) is 17.8 Å². The third-order valence-electron chi connectivity index (χ3n) is 3.62. The molecule has 1 nitrogen and oxygen atoms in total. The number of rotatable bonds is 1. The Labute approximate surface area is 112 Å². The lowest BCUT2D eigenvalue weighted by molar-refractivity contribution is 0.411. The molecule has 1 aliphatic carbocycles. The molecule has 1 aliphatic heterocycles. The fourth-order valence-corrected chi connectivity index (χ4v) is 3.62. The number of hydrogen-bond acceptors (Lipinski definition) is 2. The second-order valence-corrected chi connectivity index (χ2v) is 5.96. The lowest BCUT2D eigenvalue weighted by atomic mass is 9.73. The summed E-state index contributed by atoms with van der Waals surface area (Å²) in [4.78, 5) is 1.40. The first kappa shape index (κ1) is 11.7. The number of ether oxygens (including phenoxy) is 1. The Morgan fingerprint density at radius 2 is 2.17 bits per heavy atom. The monoisotopic (exact) mass is 256 g/mol. The summed E-state index contributed by atoms with van der Waals surface area (Å²) in [6, 6.07) is 6.33. The summed E-state index contributed by atoms with van der Waals surface area (Å²) in [5.41, 5.74) is 2.67. The molecule has 0 aromatic heterocycles. The van der Waals surface area contributed by atoms with Crippen molar-refractivity contribution in [3.63, 3.8) is 0 Å². The zero-order valence-corrected chi connectivity index (χ0v) is 11.5. The highest BCUT2D eigenvalue weighted by molar-refractivity contribution is 8.05. The van der Waals surface area contributed by atoms with Crippen LogP contribution in [0.1, 0.15) is 24.5 Å². The van der Waals surface area contributed by atoms with Gasteiger partial charge >= 0.3 is 0 Å². The Morgan fingerprint density at radius 1 is 1.28 bits per heavy atom. The molecule has 18 heavy (non-hydrogen) atoms. The smallest absolute Gasteiger partial charge is 0.126 e. The molecule has 0 N–H and O–H groups in total. The summed E-state index contributed by atoms with van der Waals surface area (Å²) in [5.74, 6) is 0.967. The van der Waals surface area contributed by atoms with E-state index in [2.05, 4.69) is 48.8 Å².